The summed E-state index contributed by atoms with van der Waals surface area (Å²) in [5.74, 6) is 0.133. The summed E-state index contributed by atoms with van der Waals surface area (Å²) in [5.41, 5.74) is 2.23. The van der Waals surface area contributed by atoms with Crippen molar-refractivity contribution in [2.24, 2.45) is 0 Å². The maximum Gasteiger partial charge on any atom is 0.242 e. The highest BCUT2D eigenvalue weighted by atomic mass is 19.1. The highest BCUT2D eigenvalue weighted by Crippen LogP contribution is 2.33. The van der Waals surface area contributed by atoms with Crippen LogP contribution >= 0.6 is 0 Å². The number of carbonyl (C=O) groups is 2. The van der Waals surface area contributed by atoms with Gasteiger partial charge < -0.3 is 14.4 Å². The fourth-order valence-corrected chi connectivity index (χ4v) is 4.12. The van der Waals surface area contributed by atoms with Gasteiger partial charge in [0.2, 0.25) is 11.8 Å². The molecule has 0 spiro atoms. The molecule has 7 heteroatoms. The van der Waals surface area contributed by atoms with Gasteiger partial charge in [-0.1, -0.05) is 31.5 Å². The molecule has 1 aliphatic rings. The van der Waals surface area contributed by atoms with E-state index in [0.29, 0.717) is 18.8 Å². The van der Waals surface area contributed by atoms with Crippen LogP contribution in [0.25, 0.3) is 11.0 Å². The summed E-state index contributed by atoms with van der Waals surface area (Å²) >= 11 is 0. The van der Waals surface area contributed by atoms with Gasteiger partial charge in [0.25, 0.3) is 0 Å². The first-order valence-corrected chi connectivity index (χ1v) is 10.7. The fourth-order valence-electron chi connectivity index (χ4n) is 4.12. The number of hydrogen-bond donors (Lipinski definition) is 0. The van der Waals surface area contributed by atoms with Crippen molar-refractivity contribution in [3.63, 3.8) is 0 Å². The Morgan fingerprint density at radius 3 is 2.81 bits per heavy atom. The highest BCUT2D eigenvalue weighted by molar-refractivity contribution is 5.96. The van der Waals surface area contributed by atoms with E-state index in [4.69, 9.17) is 4.98 Å². The van der Waals surface area contributed by atoms with Crippen molar-refractivity contribution >= 4 is 28.5 Å². The Bertz CT molecular complexity index is 1110. The predicted molar refractivity (Wildman–Crippen MR) is 118 cm³/mol. The van der Waals surface area contributed by atoms with Crippen LogP contribution in [-0.2, 0) is 16.1 Å². The van der Waals surface area contributed by atoms with E-state index in [2.05, 4.69) is 6.92 Å². The summed E-state index contributed by atoms with van der Waals surface area (Å²) in [5, 5.41) is 0. The van der Waals surface area contributed by atoms with Gasteiger partial charge in [-0.2, -0.15) is 0 Å². The maximum atomic E-state index is 13.7. The summed E-state index contributed by atoms with van der Waals surface area (Å²) in [6, 6.07) is 13.8. The number of benzene rings is 2. The first kappa shape index (κ1) is 21.0. The largest absolute Gasteiger partial charge is 0.344 e. The Hall–Kier alpha value is -3.22. The number of amides is 2. The lowest BCUT2D eigenvalue weighted by Gasteiger charge is -2.20. The number of carbonyl (C=O) groups excluding carboxylic acids is 2. The van der Waals surface area contributed by atoms with E-state index in [1.807, 2.05) is 35.9 Å². The molecular weight excluding hydrogens is 395 g/mol. The van der Waals surface area contributed by atoms with E-state index in [1.54, 1.807) is 21.9 Å². The average molecular weight is 423 g/mol. The second kappa shape index (κ2) is 8.88. The minimum atomic E-state index is -0.373. The van der Waals surface area contributed by atoms with E-state index in [9.17, 15) is 14.0 Å². The summed E-state index contributed by atoms with van der Waals surface area (Å²) in [6.45, 7) is 3.40. The molecule has 3 aromatic rings. The van der Waals surface area contributed by atoms with Gasteiger partial charge in [0.1, 0.15) is 18.2 Å². The molecule has 1 aliphatic heterocycles. The number of hydrogen-bond acceptors (Lipinski definition) is 3. The number of nitrogens with zero attached hydrogens (tertiary/aromatic N) is 4. The number of anilines is 1. The molecule has 0 bridgehead atoms. The van der Waals surface area contributed by atoms with E-state index in [0.717, 1.165) is 29.7 Å². The molecule has 1 unspecified atom stereocenters. The van der Waals surface area contributed by atoms with Gasteiger partial charge in [-0.3, -0.25) is 9.59 Å². The van der Waals surface area contributed by atoms with Gasteiger partial charge in [0, 0.05) is 38.2 Å². The Morgan fingerprint density at radius 1 is 1.23 bits per heavy atom. The smallest absolute Gasteiger partial charge is 0.242 e. The molecule has 162 valence electrons. The molecule has 1 aromatic heterocycles. The highest BCUT2D eigenvalue weighted by Gasteiger charge is 2.35. The predicted octanol–water partition coefficient (Wildman–Crippen LogP) is 3.95. The SMILES string of the molecule is CCCCN(C)C(=O)Cn1c(C2CC(=O)N(c3cccc(F)c3)C2)nc2ccccc21. The molecule has 2 amide bonds. The van der Waals surface area contributed by atoms with Gasteiger partial charge in [-0.15, -0.1) is 0 Å². The van der Waals surface area contributed by atoms with Crippen molar-refractivity contribution in [2.75, 3.05) is 25.0 Å². The van der Waals surface area contributed by atoms with Crippen LogP contribution in [0.4, 0.5) is 10.1 Å². The summed E-state index contributed by atoms with van der Waals surface area (Å²) in [6.07, 6.45) is 2.26. The van der Waals surface area contributed by atoms with Crippen LogP contribution in [0.2, 0.25) is 0 Å². The lowest BCUT2D eigenvalue weighted by Crippen LogP contribution is -2.32. The first-order chi connectivity index (χ1) is 15.0. The molecule has 1 fully saturated rings. The lowest BCUT2D eigenvalue weighted by molar-refractivity contribution is -0.130. The molecule has 31 heavy (non-hydrogen) atoms. The monoisotopic (exact) mass is 422 g/mol. The molecule has 2 heterocycles. The number of rotatable bonds is 7. The molecule has 2 aromatic carbocycles. The molecule has 1 saturated heterocycles. The standard InChI is InChI=1S/C24H27FN4O2/c1-3-4-12-27(2)23(31)16-29-21-11-6-5-10-20(21)26-24(29)17-13-22(30)28(15-17)19-9-7-8-18(25)14-19/h5-11,14,17H,3-4,12-13,15-16H2,1-2H3. The van der Waals surface area contributed by atoms with E-state index in [1.165, 1.54) is 12.1 Å². The van der Waals surface area contributed by atoms with E-state index in [-0.39, 0.29) is 36.5 Å². The van der Waals surface area contributed by atoms with Crippen molar-refractivity contribution in [1.82, 2.24) is 14.5 Å². The van der Waals surface area contributed by atoms with Crippen molar-refractivity contribution in [2.45, 2.75) is 38.6 Å². The zero-order valence-electron chi connectivity index (χ0n) is 17.9. The summed E-state index contributed by atoms with van der Waals surface area (Å²) in [7, 11) is 1.82. The molecule has 0 aliphatic carbocycles. The zero-order chi connectivity index (χ0) is 22.0. The molecule has 0 N–H and O–H groups in total. The van der Waals surface area contributed by atoms with E-state index < -0.39 is 0 Å². The third kappa shape index (κ3) is 4.31. The van der Waals surface area contributed by atoms with Crippen LogP contribution in [0.1, 0.15) is 37.9 Å². The third-order valence-corrected chi connectivity index (χ3v) is 5.86. The second-order valence-electron chi connectivity index (χ2n) is 8.10. The topological polar surface area (TPSA) is 58.4 Å². The summed E-state index contributed by atoms with van der Waals surface area (Å²) in [4.78, 5) is 33.8. The van der Waals surface area contributed by atoms with Gasteiger partial charge >= 0.3 is 0 Å². The molecule has 4 rings (SSSR count). The van der Waals surface area contributed by atoms with Gasteiger partial charge in [-0.05, 0) is 36.8 Å². The van der Waals surface area contributed by atoms with Crippen LogP contribution in [0.15, 0.2) is 48.5 Å². The van der Waals surface area contributed by atoms with Crippen LogP contribution in [-0.4, -0.2) is 46.4 Å². The molecule has 0 radical (unpaired) electrons. The van der Waals surface area contributed by atoms with Crippen molar-refractivity contribution < 1.29 is 14.0 Å². The number of unbranched alkanes of at least 4 members (excludes halogenated alkanes) is 1. The fraction of sp³-hybridized carbons (Fsp3) is 0.375. The number of aromatic nitrogens is 2. The van der Waals surface area contributed by atoms with Crippen molar-refractivity contribution in [3.8, 4) is 0 Å². The number of halogens is 1. The molecular formula is C24H27FN4O2. The number of fused-ring (bicyclic) bond motifs is 1. The van der Waals surface area contributed by atoms with Gasteiger partial charge in [-0.25, -0.2) is 9.37 Å². The molecule has 6 nitrogen and oxygen atoms in total. The first-order valence-electron chi connectivity index (χ1n) is 10.7. The minimum Gasteiger partial charge on any atom is -0.344 e. The van der Waals surface area contributed by atoms with Gasteiger partial charge in [0.05, 0.1) is 11.0 Å². The summed E-state index contributed by atoms with van der Waals surface area (Å²) < 4.78 is 15.6. The van der Waals surface area contributed by atoms with Crippen LogP contribution in [0.5, 0.6) is 0 Å². The lowest BCUT2D eigenvalue weighted by atomic mass is 10.1. The maximum absolute atomic E-state index is 13.7. The normalized spacial score (nSPS) is 16.3. The zero-order valence-corrected chi connectivity index (χ0v) is 17.9. The van der Waals surface area contributed by atoms with Crippen LogP contribution < -0.4 is 4.90 Å². The Labute approximate surface area is 181 Å². The molecule has 0 saturated carbocycles. The van der Waals surface area contributed by atoms with E-state index >= 15 is 0 Å². The number of likely N-dealkylation sites (N-methyl/N-ethyl adjacent to an activating group) is 1. The Balaban J connectivity index is 1.64. The van der Waals surface area contributed by atoms with Crippen molar-refractivity contribution in [3.05, 3.63) is 60.2 Å². The number of para-hydroxylation sites is 2. The van der Waals surface area contributed by atoms with Crippen LogP contribution in [0, 0.1) is 5.82 Å². The second-order valence-corrected chi connectivity index (χ2v) is 8.10. The Morgan fingerprint density at radius 2 is 2.03 bits per heavy atom. The number of imidazole rings is 1. The minimum absolute atomic E-state index is 0.0177. The van der Waals surface area contributed by atoms with Crippen LogP contribution in [0.3, 0.4) is 0 Å². The van der Waals surface area contributed by atoms with Crippen molar-refractivity contribution in [1.29, 1.82) is 0 Å². The Kier molecular flexibility index (Phi) is 6.02. The quantitative estimate of drug-likeness (QED) is 0.579. The van der Waals surface area contributed by atoms with Gasteiger partial charge in [0.15, 0.2) is 0 Å². The third-order valence-electron chi connectivity index (χ3n) is 5.86. The average Bonchev–Trinajstić information content (AvgIpc) is 3.32. The molecule has 1 atom stereocenters.